The standard InChI is InChI=1S/C25H37N3O3/c1-18(11-12-27-13-15-31-16-14-27)26-24(29)21-8-4-5-9-22(21)25(30)28-19(2)17-20-7-3-6-10-23(20)28/h3,6-7,10,18-19,21-22H,4-5,8-9,11-17H2,1-2H3,(H,26,29). The lowest BCUT2D eigenvalue weighted by Crippen LogP contribution is -2.49. The first-order valence-corrected chi connectivity index (χ1v) is 12.1. The number of carbonyl (C=O) groups is 2. The van der Waals surface area contributed by atoms with Crippen LogP contribution in [-0.2, 0) is 20.7 Å². The van der Waals surface area contributed by atoms with Crippen LogP contribution in [0.1, 0.15) is 51.5 Å². The van der Waals surface area contributed by atoms with Gasteiger partial charge in [-0.3, -0.25) is 14.5 Å². The third-order valence-electron chi connectivity index (χ3n) is 7.24. The molecule has 1 aliphatic carbocycles. The average Bonchev–Trinajstić information content (AvgIpc) is 3.13. The number of morpholine rings is 1. The number of nitrogens with one attached hydrogen (secondary N) is 1. The second-order valence-corrected chi connectivity index (χ2v) is 9.54. The third kappa shape index (κ3) is 5.12. The van der Waals surface area contributed by atoms with Crippen molar-refractivity contribution in [1.29, 1.82) is 0 Å². The van der Waals surface area contributed by atoms with Crippen molar-refractivity contribution < 1.29 is 14.3 Å². The van der Waals surface area contributed by atoms with Gasteiger partial charge in [-0.05, 0) is 51.2 Å². The summed E-state index contributed by atoms with van der Waals surface area (Å²) in [7, 11) is 0. The van der Waals surface area contributed by atoms with Crippen molar-refractivity contribution in [3.05, 3.63) is 29.8 Å². The molecule has 0 aromatic heterocycles. The average molecular weight is 428 g/mol. The van der Waals surface area contributed by atoms with Gasteiger partial charge in [0.1, 0.15) is 0 Å². The molecule has 1 saturated heterocycles. The van der Waals surface area contributed by atoms with Crippen molar-refractivity contribution in [3.8, 4) is 0 Å². The largest absolute Gasteiger partial charge is 0.379 e. The molecule has 2 heterocycles. The molecule has 0 radical (unpaired) electrons. The monoisotopic (exact) mass is 427 g/mol. The number of anilines is 1. The Kier molecular flexibility index (Phi) is 7.28. The van der Waals surface area contributed by atoms with Crippen LogP contribution >= 0.6 is 0 Å². The number of rotatable bonds is 6. The minimum Gasteiger partial charge on any atom is -0.379 e. The van der Waals surface area contributed by atoms with Crippen molar-refractivity contribution in [1.82, 2.24) is 10.2 Å². The van der Waals surface area contributed by atoms with Gasteiger partial charge in [0.2, 0.25) is 11.8 Å². The van der Waals surface area contributed by atoms with Gasteiger partial charge in [-0.1, -0.05) is 31.0 Å². The number of carbonyl (C=O) groups excluding carboxylic acids is 2. The van der Waals surface area contributed by atoms with E-state index in [1.165, 1.54) is 5.56 Å². The maximum absolute atomic E-state index is 13.6. The number of fused-ring (bicyclic) bond motifs is 1. The lowest BCUT2D eigenvalue weighted by Gasteiger charge is -2.35. The van der Waals surface area contributed by atoms with Crippen molar-refractivity contribution in [2.45, 2.75) is 64.5 Å². The Morgan fingerprint density at radius 3 is 2.61 bits per heavy atom. The molecular formula is C25H37N3O3. The topological polar surface area (TPSA) is 61.9 Å². The Morgan fingerprint density at radius 1 is 1.13 bits per heavy atom. The molecule has 1 saturated carbocycles. The van der Waals surface area contributed by atoms with E-state index in [2.05, 4.69) is 30.1 Å². The van der Waals surface area contributed by atoms with Gasteiger partial charge >= 0.3 is 0 Å². The van der Waals surface area contributed by atoms with Crippen molar-refractivity contribution in [3.63, 3.8) is 0 Å². The van der Waals surface area contributed by atoms with Gasteiger partial charge in [0.05, 0.1) is 19.1 Å². The van der Waals surface area contributed by atoms with Crippen LogP contribution in [0.25, 0.3) is 0 Å². The van der Waals surface area contributed by atoms with Gasteiger partial charge in [0.25, 0.3) is 0 Å². The minimum atomic E-state index is -0.216. The highest BCUT2D eigenvalue weighted by molar-refractivity contribution is 6.00. The van der Waals surface area contributed by atoms with E-state index >= 15 is 0 Å². The Morgan fingerprint density at radius 2 is 1.84 bits per heavy atom. The molecule has 6 nitrogen and oxygen atoms in total. The van der Waals surface area contributed by atoms with E-state index in [0.29, 0.717) is 0 Å². The predicted octanol–water partition coefficient (Wildman–Crippen LogP) is 3.00. The Hall–Kier alpha value is -1.92. The molecule has 2 amide bonds. The smallest absolute Gasteiger partial charge is 0.231 e. The highest BCUT2D eigenvalue weighted by Crippen LogP contribution is 2.38. The van der Waals surface area contributed by atoms with E-state index in [9.17, 15) is 9.59 Å². The molecule has 4 rings (SSSR count). The highest BCUT2D eigenvalue weighted by atomic mass is 16.5. The number of amides is 2. The van der Waals surface area contributed by atoms with Crippen molar-refractivity contribution in [2.75, 3.05) is 37.7 Å². The fraction of sp³-hybridized carbons (Fsp3) is 0.680. The molecule has 4 atom stereocenters. The third-order valence-corrected chi connectivity index (χ3v) is 7.24. The van der Waals surface area contributed by atoms with Gasteiger partial charge in [-0.25, -0.2) is 0 Å². The molecule has 0 spiro atoms. The van der Waals surface area contributed by atoms with Gasteiger partial charge in [0, 0.05) is 43.3 Å². The van der Waals surface area contributed by atoms with Crippen LogP contribution in [0.3, 0.4) is 0 Å². The molecule has 2 fully saturated rings. The second-order valence-electron chi connectivity index (χ2n) is 9.54. The van der Waals surface area contributed by atoms with Crippen LogP contribution in [0.15, 0.2) is 24.3 Å². The van der Waals surface area contributed by atoms with Crippen molar-refractivity contribution in [2.24, 2.45) is 11.8 Å². The number of nitrogens with zero attached hydrogens (tertiary/aromatic N) is 2. The molecule has 0 bridgehead atoms. The van der Waals surface area contributed by atoms with Crippen LogP contribution < -0.4 is 10.2 Å². The summed E-state index contributed by atoms with van der Waals surface area (Å²) < 4.78 is 5.41. The number of para-hydroxylation sites is 1. The zero-order valence-corrected chi connectivity index (χ0v) is 19.0. The molecule has 170 valence electrons. The van der Waals surface area contributed by atoms with Crippen LogP contribution in [0, 0.1) is 11.8 Å². The molecule has 2 aliphatic heterocycles. The summed E-state index contributed by atoms with van der Waals surface area (Å²) >= 11 is 0. The number of hydrogen-bond acceptors (Lipinski definition) is 4. The summed E-state index contributed by atoms with van der Waals surface area (Å²) in [6, 6.07) is 8.46. The minimum absolute atomic E-state index is 0.0627. The predicted molar refractivity (Wildman–Crippen MR) is 122 cm³/mol. The number of ether oxygens (including phenoxy) is 1. The fourth-order valence-corrected chi connectivity index (χ4v) is 5.44. The molecule has 1 aromatic rings. The van der Waals surface area contributed by atoms with E-state index in [4.69, 9.17) is 4.74 Å². The Bertz CT molecular complexity index is 777. The quantitative estimate of drug-likeness (QED) is 0.758. The van der Waals surface area contributed by atoms with Gasteiger partial charge < -0.3 is 15.0 Å². The van der Waals surface area contributed by atoms with Crippen LogP contribution in [0.4, 0.5) is 5.69 Å². The number of benzene rings is 1. The molecule has 6 heteroatoms. The summed E-state index contributed by atoms with van der Waals surface area (Å²) in [5.41, 5.74) is 2.26. The van der Waals surface area contributed by atoms with Crippen molar-refractivity contribution >= 4 is 17.5 Å². The fourth-order valence-electron chi connectivity index (χ4n) is 5.44. The summed E-state index contributed by atoms with van der Waals surface area (Å²) in [6.07, 6.45) is 5.48. The molecule has 3 aliphatic rings. The summed E-state index contributed by atoms with van der Waals surface area (Å²) in [5.74, 6) is -0.230. The van der Waals surface area contributed by atoms with Crippen LogP contribution in [-0.4, -0.2) is 61.6 Å². The highest BCUT2D eigenvalue weighted by Gasteiger charge is 2.41. The van der Waals surface area contributed by atoms with E-state index < -0.39 is 0 Å². The second kappa shape index (κ2) is 10.1. The molecule has 31 heavy (non-hydrogen) atoms. The Labute approximate surface area is 186 Å². The number of hydrogen-bond donors (Lipinski definition) is 1. The maximum Gasteiger partial charge on any atom is 0.231 e. The SMILES string of the molecule is CC(CCN1CCOCC1)NC(=O)C1CCCCC1C(=O)N1c2ccccc2CC1C. The van der Waals surface area contributed by atoms with E-state index in [1.807, 2.05) is 23.1 Å². The van der Waals surface area contributed by atoms with Gasteiger partial charge in [-0.15, -0.1) is 0 Å². The van der Waals surface area contributed by atoms with Gasteiger partial charge in [0.15, 0.2) is 0 Å². The summed E-state index contributed by atoms with van der Waals surface area (Å²) in [6.45, 7) is 8.69. The maximum atomic E-state index is 13.6. The van der Waals surface area contributed by atoms with E-state index in [-0.39, 0.29) is 35.7 Å². The van der Waals surface area contributed by atoms with Crippen LogP contribution in [0.5, 0.6) is 0 Å². The first-order chi connectivity index (χ1) is 15.0. The first kappa shape index (κ1) is 22.3. The lowest BCUT2D eigenvalue weighted by atomic mass is 9.77. The zero-order valence-electron chi connectivity index (χ0n) is 19.0. The van der Waals surface area contributed by atoms with E-state index in [0.717, 1.165) is 77.1 Å². The Balaban J connectivity index is 1.37. The lowest BCUT2D eigenvalue weighted by molar-refractivity contribution is -0.135. The molecule has 1 aromatic carbocycles. The molecule has 1 N–H and O–H groups in total. The summed E-state index contributed by atoms with van der Waals surface area (Å²) in [5, 5.41) is 3.23. The van der Waals surface area contributed by atoms with E-state index in [1.54, 1.807) is 0 Å². The molecular weight excluding hydrogens is 390 g/mol. The first-order valence-electron chi connectivity index (χ1n) is 12.1. The molecule has 4 unspecified atom stereocenters. The zero-order chi connectivity index (χ0) is 21.8. The summed E-state index contributed by atoms with van der Waals surface area (Å²) in [4.78, 5) is 31.2. The van der Waals surface area contributed by atoms with Crippen LogP contribution in [0.2, 0.25) is 0 Å². The van der Waals surface area contributed by atoms with Gasteiger partial charge in [-0.2, -0.15) is 0 Å². The normalized spacial score (nSPS) is 27.5.